The molecule has 6 heteroatoms. The predicted molar refractivity (Wildman–Crippen MR) is 107 cm³/mol. The number of rotatable bonds is 6. The molecular weight excluding hydrogens is 475 g/mol. The summed E-state index contributed by atoms with van der Waals surface area (Å²) in [5.74, 6) is 0.283. The molecule has 0 saturated heterocycles. The van der Waals surface area contributed by atoms with Gasteiger partial charge in [-0.2, -0.15) is 5.26 Å². The van der Waals surface area contributed by atoms with Crippen LogP contribution in [0.3, 0.4) is 0 Å². The van der Waals surface area contributed by atoms with Gasteiger partial charge in [0.25, 0.3) is 0 Å². The van der Waals surface area contributed by atoms with E-state index in [2.05, 4.69) is 64.0 Å². The van der Waals surface area contributed by atoms with E-state index in [1.165, 1.54) is 14.7 Å². The Balaban J connectivity index is 3.55. The van der Waals surface area contributed by atoms with E-state index in [4.69, 9.17) is 5.26 Å². The first-order valence-corrected chi connectivity index (χ1v) is 10.9. The molecule has 0 radical (unpaired) electrons. The number of allylic oxidation sites excluding steroid dienone is 2. The molecule has 0 fully saturated rings. The van der Waals surface area contributed by atoms with Crippen molar-refractivity contribution in [2.24, 2.45) is 5.92 Å². The molecule has 0 N–H and O–H groups in total. The summed E-state index contributed by atoms with van der Waals surface area (Å²) in [5, 5.41) is 8.78. The van der Waals surface area contributed by atoms with Crippen molar-refractivity contribution in [2.75, 3.05) is 0 Å². The highest BCUT2D eigenvalue weighted by molar-refractivity contribution is 14.2. The van der Waals surface area contributed by atoms with Crippen LogP contribution >= 0.6 is 46.3 Å². The third-order valence-electron chi connectivity index (χ3n) is 3.25. The van der Waals surface area contributed by atoms with Crippen molar-refractivity contribution in [3.8, 4) is 6.07 Å². The lowest BCUT2D eigenvalue weighted by atomic mass is 10.0. The van der Waals surface area contributed by atoms with E-state index in [9.17, 15) is 4.79 Å². The van der Waals surface area contributed by atoms with Crippen molar-refractivity contribution >= 4 is 64.2 Å². The second-order valence-corrected chi connectivity index (χ2v) is 8.20. The molecule has 0 aromatic carbocycles. The summed E-state index contributed by atoms with van der Waals surface area (Å²) in [6.07, 6.45) is 4.00. The van der Waals surface area contributed by atoms with E-state index in [-0.39, 0.29) is 12.2 Å². The average Bonchev–Trinajstić information content (AvgIpc) is 2.76. The zero-order valence-corrected chi connectivity index (χ0v) is 17.5. The monoisotopic (exact) mass is 492 g/mol. The van der Waals surface area contributed by atoms with E-state index >= 15 is 0 Å². The molecule has 0 aliphatic carbocycles. The van der Waals surface area contributed by atoms with Gasteiger partial charge in [-0.3, -0.25) is 8.77 Å². The topological polar surface area (TPSA) is 45.8 Å². The standard InChI is InChI=1S/C16H18BrIN2OS/c1-10(2)11(3)7-13-9-15(16(21)5-6-19)20(22-18)14(13)8-12(4)17/h7-10H,5H2,1-4H3/b11-7+,12-8+. The fourth-order valence-electron chi connectivity index (χ4n) is 1.82. The van der Waals surface area contributed by atoms with Crippen LogP contribution in [-0.2, 0) is 0 Å². The van der Waals surface area contributed by atoms with Crippen LogP contribution in [0.1, 0.15) is 55.9 Å². The third kappa shape index (κ3) is 5.00. The van der Waals surface area contributed by atoms with Gasteiger partial charge in [-0.25, -0.2) is 0 Å². The van der Waals surface area contributed by atoms with Crippen molar-refractivity contribution < 1.29 is 4.79 Å². The van der Waals surface area contributed by atoms with Gasteiger partial charge in [-0.1, -0.05) is 41.4 Å². The number of halogens is 2. The van der Waals surface area contributed by atoms with Crippen LogP contribution in [0.4, 0.5) is 0 Å². The quantitative estimate of drug-likeness (QED) is 0.348. The number of aromatic nitrogens is 1. The first-order valence-electron chi connectivity index (χ1n) is 6.78. The highest BCUT2D eigenvalue weighted by Crippen LogP contribution is 2.31. The van der Waals surface area contributed by atoms with Gasteiger partial charge in [0.05, 0.1) is 17.5 Å². The van der Waals surface area contributed by atoms with Crippen LogP contribution in [0, 0.1) is 17.2 Å². The Hall–Kier alpha value is -0.520. The fourth-order valence-corrected chi connectivity index (χ4v) is 3.77. The lowest BCUT2D eigenvalue weighted by Crippen LogP contribution is -2.03. The summed E-state index contributed by atoms with van der Waals surface area (Å²) in [6, 6.07) is 3.81. The normalized spacial score (nSPS) is 12.6. The molecule has 0 aliphatic rings. The van der Waals surface area contributed by atoms with Crippen molar-refractivity contribution in [1.82, 2.24) is 3.97 Å². The maximum atomic E-state index is 12.2. The average molecular weight is 493 g/mol. The Morgan fingerprint density at radius 1 is 1.50 bits per heavy atom. The van der Waals surface area contributed by atoms with Gasteiger partial charge in [0, 0.05) is 35.9 Å². The molecular formula is C16H18BrIN2OS. The van der Waals surface area contributed by atoms with Gasteiger partial charge in [0.2, 0.25) is 0 Å². The first kappa shape index (κ1) is 19.5. The summed E-state index contributed by atoms with van der Waals surface area (Å²) < 4.78 is 2.86. The van der Waals surface area contributed by atoms with Crippen LogP contribution < -0.4 is 0 Å². The zero-order chi connectivity index (χ0) is 16.9. The Morgan fingerprint density at radius 3 is 2.59 bits per heavy atom. The van der Waals surface area contributed by atoms with Crippen LogP contribution in [0.2, 0.25) is 0 Å². The highest BCUT2D eigenvalue weighted by atomic mass is 127. The third-order valence-corrected chi connectivity index (χ3v) is 5.19. The molecule has 1 aromatic heterocycles. The molecule has 0 saturated carbocycles. The molecule has 0 aliphatic heterocycles. The van der Waals surface area contributed by atoms with Crippen molar-refractivity contribution in [3.05, 3.63) is 33.1 Å². The van der Waals surface area contributed by atoms with Gasteiger partial charge in [-0.05, 0) is 36.4 Å². The van der Waals surface area contributed by atoms with E-state index in [1.54, 1.807) is 0 Å². The van der Waals surface area contributed by atoms with E-state index in [0.29, 0.717) is 11.6 Å². The van der Waals surface area contributed by atoms with Crippen LogP contribution in [-0.4, -0.2) is 9.76 Å². The lowest BCUT2D eigenvalue weighted by molar-refractivity contribution is 0.0992. The molecule has 1 aromatic rings. The molecule has 3 nitrogen and oxygen atoms in total. The van der Waals surface area contributed by atoms with Gasteiger partial charge >= 0.3 is 0 Å². The number of ketones is 1. The van der Waals surface area contributed by atoms with Crippen molar-refractivity contribution in [3.63, 3.8) is 0 Å². The molecule has 0 bridgehead atoms. The number of carbonyl (C=O) groups excluding carboxylic acids is 1. The minimum absolute atomic E-state index is 0.107. The smallest absolute Gasteiger partial charge is 0.194 e. The maximum absolute atomic E-state index is 12.2. The summed E-state index contributed by atoms with van der Waals surface area (Å²) in [6.45, 7) is 8.32. The van der Waals surface area contributed by atoms with E-state index in [1.807, 2.05) is 29.1 Å². The molecule has 0 unspecified atom stereocenters. The Morgan fingerprint density at radius 2 is 2.14 bits per heavy atom. The van der Waals surface area contributed by atoms with Gasteiger partial charge in [0.15, 0.2) is 5.78 Å². The van der Waals surface area contributed by atoms with E-state index < -0.39 is 0 Å². The van der Waals surface area contributed by atoms with Gasteiger partial charge in [0.1, 0.15) is 6.42 Å². The lowest BCUT2D eigenvalue weighted by Gasteiger charge is -2.07. The summed E-state index contributed by atoms with van der Waals surface area (Å²) in [7, 11) is 1.44. The SMILES string of the molecule is C/C(Br)=C\c1c(/C=C(\C)C(C)C)cc(C(=O)CC#N)n1SI. The summed E-state index contributed by atoms with van der Waals surface area (Å²) in [5.41, 5.74) is 3.76. The number of Topliss-reactive ketones (excluding diaryl/α,β-unsaturated/α-hetero) is 1. The second-order valence-electron chi connectivity index (χ2n) is 5.27. The van der Waals surface area contributed by atoms with Crippen LogP contribution in [0.15, 0.2) is 16.1 Å². The predicted octanol–water partition coefficient (Wildman–Crippen LogP) is 6.25. The number of carbonyl (C=O) groups is 1. The highest BCUT2D eigenvalue weighted by Gasteiger charge is 2.18. The zero-order valence-electron chi connectivity index (χ0n) is 13.0. The molecule has 0 spiro atoms. The van der Waals surface area contributed by atoms with E-state index in [0.717, 1.165) is 15.7 Å². The minimum atomic E-state index is -0.157. The molecule has 1 heterocycles. The molecule has 0 amide bonds. The number of hydrogen-bond donors (Lipinski definition) is 0. The fraction of sp³-hybridized carbons (Fsp3) is 0.375. The largest absolute Gasteiger partial charge is 0.291 e. The molecule has 0 atom stereocenters. The Bertz CT molecular complexity index is 664. The van der Waals surface area contributed by atoms with Gasteiger partial charge < -0.3 is 0 Å². The van der Waals surface area contributed by atoms with Crippen LogP contribution in [0.25, 0.3) is 12.2 Å². The number of hydrogen-bond acceptors (Lipinski definition) is 3. The number of nitrogens with zero attached hydrogens (tertiary/aromatic N) is 2. The summed E-state index contributed by atoms with van der Waals surface area (Å²) >= 11 is 5.61. The van der Waals surface area contributed by atoms with Gasteiger partial charge in [-0.15, -0.1) is 0 Å². The van der Waals surface area contributed by atoms with Crippen molar-refractivity contribution in [2.45, 2.75) is 34.1 Å². The Labute approximate surface area is 156 Å². The summed E-state index contributed by atoms with van der Waals surface area (Å²) in [4.78, 5) is 12.2. The molecule has 1 rings (SSSR count). The first-order chi connectivity index (χ1) is 10.3. The maximum Gasteiger partial charge on any atom is 0.194 e. The Kier molecular flexibility index (Phi) is 7.94. The second kappa shape index (κ2) is 8.94. The van der Waals surface area contributed by atoms with Crippen LogP contribution in [0.5, 0.6) is 0 Å². The minimum Gasteiger partial charge on any atom is -0.291 e. The van der Waals surface area contributed by atoms with Crippen molar-refractivity contribution in [1.29, 1.82) is 5.26 Å². The molecule has 118 valence electrons. The molecule has 22 heavy (non-hydrogen) atoms. The number of nitriles is 1.